The van der Waals surface area contributed by atoms with Gasteiger partial charge in [0.25, 0.3) is 6.47 Å². The second-order valence-electron chi connectivity index (χ2n) is 9.81. The summed E-state index contributed by atoms with van der Waals surface area (Å²) in [5.74, 6) is 0. The summed E-state index contributed by atoms with van der Waals surface area (Å²) in [5, 5.41) is 4.22. The van der Waals surface area contributed by atoms with Crippen LogP contribution >= 0.6 is 0 Å². The third-order valence-electron chi connectivity index (χ3n) is 5.96. The van der Waals surface area contributed by atoms with Crippen LogP contribution in [-0.4, -0.2) is 47.6 Å². The molecule has 4 heterocycles. The van der Waals surface area contributed by atoms with Crippen molar-refractivity contribution in [3.8, 4) is 11.3 Å². The van der Waals surface area contributed by atoms with Crippen molar-refractivity contribution in [2.24, 2.45) is 0 Å². The molecule has 0 unspecified atom stereocenters. The van der Waals surface area contributed by atoms with Crippen LogP contribution in [0.4, 0.5) is 5.69 Å². The van der Waals surface area contributed by atoms with Crippen molar-refractivity contribution in [1.29, 1.82) is 0 Å². The highest BCUT2D eigenvalue weighted by atomic mass is 16.5. The minimum Gasteiger partial charge on any atom is -0.462 e. The normalized spacial score (nSPS) is 15.8. The molecular weight excluding hydrogens is 444 g/mol. The summed E-state index contributed by atoms with van der Waals surface area (Å²) >= 11 is 0. The number of pyridine rings is 1. The van der Waals surface area contributed by atoms with Crippen LogP contribution in [0.2, 0.25) is 0 Å². The van der Waals surface area contributed by atoms with Gasteiger partial charge in [0.15, 0.2) is 0 Å². The van der Waals surface area contributed by atoms with Gasteiger partial charge in [-0.2, -0.15) is 0 Å². The number of imidazole rings is 1. The van der Waals surface area contributed by atoms with Crippen LogP contribution in [0, 0.1) is 6.92 Å². The highest BCUT2D eigenvalue weighted by molar-refractivity contribution is 5.84. The lowest BCUT2D eigenvalue weighted by Crippen LogP contribution is -2.29. The maximum atomic E-state index is 12.7. The third kappa shape index (κ3) is 5.71. The molecule has 184 valence electrons. The summed E-state index contributed by atoms with van der Waals surface area (Å²) in [6.07, 6.45) is 4.98. The molecule has 4 aromatic rings. The lowest BCUT2D eigenvalue weighted by Gasteiger charge is -2.18. The number of aromatic nitrogens is 2. The molecule has 3 aromatic heterocycles. The van der Waals surface area contributed by atoms with E-state index in [4.69, 9.17) is 4.42 Å². The lowest BCUT2D eigenvalue weighted by atomic mass is 10.1. The van der Waals surface area contributed by atoms with Crippen LogP contribution in [0.1, 0.15) is 32.8 Å². The highest BCUT2D eigenvalue weighted by Crippen LogP contribution is 2.27. The molecule has 1 aliphatic heterocycles. The first-order valence-corrected chi connectivity index (χ1v) is 11.7. The number of hydrogen-bond acceptors (Lipinski definition) is 7. The van der Waals surface area contributed by atoms with Gasteiger partial charge >= 0.3 is 5.63 Å². The van der Waals surface area contributed by atoms with Crippen LogP contribution in [0.3, 0.4) is 0 Å². The smallest absolute Gasteiger partial charge is 0.345 e. The molecule has 0 saturated carbocycles. The summed E-state index contributed by atoms with van der Waals surface area (Å²) in [6, 6.07) is 12.4. The van der Waals surface area contributed by atoms with Crippen molar-refractivity contribution in [2.75, 3.05) is 25.0 Å². The number of ether oxygens (including phenoxy) is 1. The molecule has 1 aromatic carbocycles. The number of fused-ring (bicyclic) bond motifs is 2. The van der Waals surface area contributed by atoms with E-state index >= 15 is 0 Å². The number of nitrogens with one attached hydrogen (secondary N) is 1. The largest absolute Gasteiger partial charge is 0.462 e. The molecule has 8 nitrogen and oxygen atoms in total. The number of hydrogen-bond donors (Lipinski definition) is 1. The summed E-state index contributed by atoms with van der Waals surface area (Å²) in [7, 11) is 2.00. The topological polar surface area (TPSA) is 89.1 Å². The van der Waals surface area contributed by atoms with Crippen molar-refractivity contribution < 1.29 is 13.9 Å². The zero-order valence-electron chi connectivity index (χ0n) is 20.9. The first kappa shape index (κ1) is 24.5. The average Bonchev–Trinajstić information content (AvgIpc) is 3.44. The zero-order chi connectivity index (χ0) is 25.2. The zero-order valence-corrected chi connectivity index (χ0v) is 20.9. The van der Waals surface area contributed by atoms with E-state index in [9.17, 15) is 9.59 Å². The Hall–Kier alpha value is -3.65. The van der Waals surface area contributed by atoms with E-state index < -0.39 is 0 Å². The number of carbonyl (C=O) groups is 1. The molecule has 8 heteroatoms. The van der Waals surface area contributed by atoms with Crippen molar-refractivity contribution in [3.63, 3.8) is 0 Å². The van der Waals surface area contributed by atoms with Gasteiger partial charge in [0, 0.05) is 48.7 Å². The van der Waals surface area contributed by atoms with Crippen molar-refractivity contribution in [3.05, 3.63) is 64.8 Å². The van der Waals surface area contributed by atoms with E-state index in [1.807, 2.05) is 81.9 Å². The van der Waals surface area contributed by atoms with E-state index in [1.165, 1.54) is 0 Å². The minimum atomic E-state index is -0.362. The Morgan fingerprint density at radius 3 is 2.63 bits per heavy atom. The minimum absolute atomic E-state index is 0.318. The predicted molar refractivity (Wildman–Crippen MR) is 138 cm³/mol. The molecule has 0 radical (unpaired) electrons. The fraction of sp³-hybridized carbons (Fsp3) is 0.370. The first-order chi connectivity index (χ1) is 16.7. The van der Waals surface area contributed by atoms with Crippen molar-refractivity contribution >= 4 is 28.8 Å². The van der Waals surface area contributed by atoms with Crippen LogP contribution in [-0.2, 0) is 9.53 Å². The molecule has 1 N–H and O–H groups in total. The molecular formula is C27H32N4O4. The molecule has 1 atom stereocenters. The number of anilines is 1. The van der Waals surface area contributed by atoms with Crippen LogP contribution in [0.5, 0.6) is 0 Å². The van der Waals surface area contributed by atoms with Gasteiger partial charge in [0.05, 0.1) is 11.3 Å². The van der Waals surface area contributed by atoms with Gasteiger partial charge in [-0.15, -0.1) is 0 Å². The molecule has 1 aliphatic rings. The predicted octanol–water partition coefficient (Wildman–Crippen LogP) is 4.17. The molecule has 1 saturated heterocycles. The Morgan fingerprint density at radius 2 is 1.97 bits per heavy atom. The highest BCUT2D eigenvalue weighted by Gasteiger charge is 2.21. The molecule has 0 amide bonds. The van der Waals surface area contributed by atoms with Crippen molar-refractivity contribution in [2.45, 2.75) is 45.8 Å². The van der Waals surface area contributed by atoms with Crippen LogP contribution in [0.15, 0.2) is 58.0 Å². The fourth-order valence-corrected chi connectivity index (χ4v) is 4.08. The summed E-state index contributed by atoms with van der Waals surface area (Å²) in [6.45, 7) is 9.91. The van der Waals surface area contributed by atoms with Gasteiger partial charge in [-0.3, -0.25) is 4.79 Å². The van der Waals surface area contributed by atoms with Gasteiger partial charge in [0.1, 0.15) is 16.8 Å². The van der Waals surface area contributed by atoms with Gasteiger partial charge in [0.2, 0.25) is 0 Å². The van der Waals surface area contributed by atoms with Gasteiger partial charge in [-0.25, -0.2) is 9.78 Å². The maximum Gasteiger partial charge on any atom is 0.345 e. The van der Waals surface area contributed by atoms with E-state index in [2.05, 4.69) is 26.0 Å². The summed E-state index contributed by atoms with van der Waals surface area (Å²) in [5.41, 5.74) is 4.07. The second kappa shape index (κ2) is 9.92. The van der Waals surface area contributed by atoms with Crippen LogP contribution in [0.25, 0.3) is 27.9 Å². The number of rotatable bonds is 4. The summed E-state index contributed by atoms with van der Waals surface area (Å²) < 4.78 is 12.2. The number of carbonyl (C=O) groups excluding carboxylic acids is 1. The number of aryl methyl sites for hydroxylation is 1. The molecule has 1 fully saturated rings. The number of nitrogens with zero attached hydrogens (tertiary/aromatic N) is 3. The van der Waals surface area contributed by atoms with Crippen LogP contribution < -0.4 is 15.8 Å². The van der Waals surface area contributed by atoms with Gasteiger partial charge in [-0.05, 0) is 71.0 Å². The van der Waals surface area contributed by atoms with E-state index in [0.29, 0.717) is 29.4 Å². The van der Waals surface area contributed by atoms with Crippen molar-refractivity contribution in [1.82, 2.24) is 14.7 Å². The Kier molecular flexibility index (Phi) is 6.93. The first-order valence-electron chi connectivity index (χ1n) is 11.7. The average molecular weight is 477 g/mol. The quantitative estimate of drug-likeness (QED) is 0.349. The summed E-state index contributed by atoms with van der Waals surface area (Å²) in [4.78, 5) is 29.2. The molecule has 0 bridgehead atoms. The Labute approximate surface area is 204 Å². The molecule has 5 rings (SSSR count). The number of benzene rings is 1. The molecule has 0 aliphatic carbocycles. The monoisotopic (exact) mass is 476 g/mol. The lowest BCUT2D eigenvalue weighted by molar-refractivity contribution is -0.138. The third-order valence-corrected chi connectivity index (χ3v) is 5.96. The Balaban J connectivity index is 0.000000364. The maximum absolute atomic E-state index is 12.7. The van der Waals surface area contributed by atoms with E-state index in [0.717, 1.165) is 41.8 Å². The van der Waals surface area contributed by atoms with Gasteiger partial charge in [-0.1, -0.05) is 6.07 Å². The van der Waals surface area contributed by atoms with E-state index in [-0.39, 0.29) is 11.2 Å². The SMILES string of the molecule is CC(C)(C)OC=O.CN[C@H]1CCN(c2ccc3cc(-c4cn5cc(C)ccc5n4)c(=O)oc3c2)C1. The fourth-order valence-electron chi connectivity index (χ4n) is 4.08. The standard InChI is InChI=1S/C22H22N4O2.C5H10O2/c1-14-3-6-21-24-19(13-26(21)11-14)18-9-15-4-5-17(10-20(15)28-22(18)27)25-8-7-16(12-25)23-2;1-5(2,3)7-4-6/h3-6,9-11,13,16,23H,7-8,12H2,1-2H3;4H,1-3H3/t16-;/m0./s1. The number of likely N-dealkylation sites (N-methyl/N-ethyl adjacent to an activating group) is 1. The van der Waals surface area contributed by atoms with Gasteiger partial charge < -0.3 is 23.8 Å². The Bertz CT molecular complexity index is 1400. The Morgan fingerprint density at radius 1 is 1.17 bits per heavy atom. The molecule has 0 spiro atoms. The second-order valence-corrected chi connectivity index (χ2v) is 9.81. The van der Waals surface area contributed by atoms with E-state index in [1.54, 1.807) is 0 Å². The molecule has 35 heavy (non-hydrogen) atoms.